The van der Waals surface area contributed by atoms with E-state index in [2.05, 4.69) is 6.58 Å². The second-order valence-corrected chi connectivity index (χ2v) is 3.01. The van der Waals surface area contributed by atoms with Gasteiger partial charge < -0.3 is 9.84 Å². The summed E-state index contributed by atoms with van der Waals surface area (Å²) in [5.74, 6) is 0. The van der Waals surface area contributed by atoms with Crippen LogP contribution in [0.5, 0.6) is 0 Å². The predicted octanol–water partition coefficient (Wildman–Crippen LogP) is 2.31. The summed E-state index contributed by atoms with van der Waals surface area (Å²) in [6, 6.07) is 9.45. The fourth-order valence-corrected chi connectivity index (χ4v) is 1.32. The van der Waals surface area contributed by atoms with E-state index in [0.29, 0.717) is 6.61 Å². The molecule has 1 aromatic carbocycles. The molecule has 0 aromatic heterocycles. The van der Waals surface area contributed by atoms with E-state index in [-0.39, 0.29) is 6.10 Å². The summed E-state index contributed by atoms with van der Waals surface area (Å²) in [6.45, 7) is 6.11. The average molecular weight is 192 g/mol. The predicted molar refractivity (Wildman–Crippen MR) is 57.0 cm³/mol. The van der Waals surface area contributed by atoms with Crippen LogP contribution in [0, 0.1) is 0 Å². The maximum atomic E-state index is 9.92. The highest BCUT2D eigenvalue weighted by atomic mass is 16.5. The van der Waals surface area contributed by atoms with E-state index in [4.69, 9.17) is 4.74 Å². The highest BCUT2D eigenvalue weighted by molar-refractivity contribution is 5.19. The van der Waals surface area contributed by atoms with Gasteiger partial charge in [-0.05, 0) is 12.5 Å². The largest absolute Gasteiger partial charge is 0.385 e. The molecule has 0 fully saturated rings. The van der Waals surface area contributed by atoms with Gasteiger partial charge in [0.2, 0.25) is 0 Å². The molecular weight excluding hydrogens is 176 g/mol. The molecule has 2 atom stereocenters. The van der Waals surface area contributed by atoms with Gasteiger partial charge in [-0.15, -0.1) is 6.58 Å². The molecule has 1 N–H and O–H groups in total. The average Bonchev–Trinajstić information content (AvgIpc) is 2.26. The summed E-state index contributed by atoms with van der Waals surface area (Å²) in [7, 11) is 0. The van der Waals surface area contributed by atoms with Crippen molar-refractivity contribution in [2.75, 3.05) is 6.61 Å². The zero-order valence-electron chi connectivity index (χ0n) is 8.39. The van der Waals surface area contributed by atoms with Gasteiger partial charge in [0, 0.05) is 6.61 Å². The SMILES string of the molecule is C=CC(OCC)C(O)c1ccccc1. The zero-order valence-corrected chi connectivity index (χ0v) is 8.39. The van der Waals surface area contributed by atoms with Gasteiger partial charge >= 0.3 is 0 Å². The molecule has 0 bridgehead atoms. The number of aliphatic hydroxyl groups excluding tert-OH is 1. The number of hydrogen-bond donors (Lipinski definition) is 1. The first-order valence-corrected chi connectivity index (χ1v) is 4.76. The first-order valence-electron chi connectivity index (χ1n) is 4.76. The topological polar surface area (TPSA) is 29.5 Å². The lowest BCUT2D eigenvalue weighted by Crippen LogP contribution is -2.19. The molecule has 0 heterocycles. The second kappa shape index (κ2) is 5.58. The third kappa shape index (κ3) is 2.69. The molecule has 0 saturated carbocycles. The van der Waals surface area contributed by atoms with E-state index < -0.39 is 6.10 Å². The van der Waals surface area contributed by atoms with Gasteiger partial charge in [0.1, 0.15) is 12.2 Å². The molecule has 1 aromatic rings. The number of aliphatic hydroxyl groups is 1. The maximum Gasteiger partial charge on any atom is 0.109 e. The molecule has 0 amide bonds. The summed E-state index contributed by atoms with van der Waals surface area (Å²) in [6.07, 6.45) is 0.664. The molecule has 14 heavy (non-hydrogen) atoms. The van der Waals surface area contributed by atoms with Crippen LogP contribution in [0.3, 0.4) is 0 Å². The Bertz CT molecular complexity index is 269. The van der Waals surface area contributed by atoms with E-state index in [9.17, 15) is 5.11 Å². The number of benzene rings is 1. The fraction of sp³-hybridized carbons (Fsp3) is 0.333. The molecule has 0 aliphatic carbocycles. The summed E-state index contributed by atoms with van der Waals surface area (Å²) in [5, 5.41) is 9.92. The van der Waals surface area contributed by atoms with Gasteiger partial charge in [0.05, 0.1) is 0 Å². The van der Waals surface area contributed by atoms with Crippen LogP contribution in [0.15, 0.2) is 43.0 Å². The van der Waals surface area contributed by atoms with Crippen molar-refractivity contribution in [2.45, 2.75) is 19.1 Å². The Kier molecular flexibility index (Phi) is 4.36. The first-order chi connectivity index (χ1) is 6.79. The lowest BCUT2D eigenvalue weighted by atomic mass is 10.0. The third-order valence-electron chi connectivity index (χ3n) is 2.04. The van der Waals surface area contributed by atoms with Crippen molar-refractivity contribution in [3.63, 3.8) is 0 Å². The van der Waals surface area contributed by atoms with Gasteiger partial charge in [-0.1, -0.05) is 36.4 Å². The normalized spacial score (nSPS) is 14.7. The van der Waals surface area contributed by atoms with Crippen molar-refractivity contribution >= 4 is 0 Å². The Morgan fingerprint density at radius 1 is 1.43 bits per heavy atom. The lowest BCUT2D eigenvalue weighted by Gasteiger charge is -2.19. The molecule has 0 spiro atoms. The minimum atomic E-state index is -0.631. The van der Waals surface area contributed by atoms with Gasteiger partial charge in [0.25, 0.3) is 0 Å². The van der Waals surface area contributed by atoms with Crippen LogP contribution in [0.4, 0.5) is 0 Å². The molecule has 1 rings (SSSR count). The lowest BCUT2D eigenvalue weighted by molar-refractivity contribution is -0.00555. The van der Waals surface area contributed by atoms with Crippen molar-refractivity contribution < 1.29 is 9.84 Å². The van der Waals surface area contributed by atoms with E-state index >= 15 is 0 Å². The Hall–Kier alpha value is -1.12. The Morgan fingerprint density at radius 3 is 2.57 bits per heavy atom. The fourth-order valence-electron chi connectivity index (χ4n) is 1.32. The minimum absolute atomic E-state index is 0.331. The first kappa shape index (κ1) is 11.0. The van der Waals surface area contributed by atoms with E-state index in [0.717, 1.165) is 5.56 Å². The number of rotatable bonds is 5. The van der Waals surface area contributed by atoms with Crippen LogP contribution in [0.1, 0.15) is 18.6 Å². The van der Waals surface area contributed by atoms with Crippen LogP contribution in [-0.4, -0.2) is 17.8 Å². The molecule has 0 aliphatic rings. The summed E-state index contributed by atoms with van der Waals surface area (Å²) >= 11 is 0. The van der Waals surface area contributed by atoms with Crippen LogP contribution in [0.2, 0.25) is 0 Å². The molecular formula is C12H16O2. The van der Waals surface area contributed by atoms with Gasteiger partial charge in [-0.3, -0.25) is 0 Å². The van der Waals surface area contributed by atoms with Crippen molar-refractivity contribution in [3.05, 3.63) is 48.6 Å². The quantitative estimate of drug-likeness (QED) is 0.725. The molecule has 2 nitrogen and oxygen atoms in total. The van der Waals surface area contributed by atoms with Crippen molar-refractivity contribution in [3.8, 4) is 0 Å². The Balaban J connectivity index is 2.72. The molecule has 76 valence electrons. The molecule has 2 heteroatoms. The third-order valence-corrected chi connectivity index (χ3v) is 2.04. The van der Waals surface area contributed by atoms with Gasteiger partial charge in [0.15, 0.2) is 0 Å². The molecule has 0 radical (unpaired) electrons. The number of hydrogen-bond acceptors (Lipinski definition) is 2. The van der Waals surface area contributed by atoms with E-state index in [1.165, 1.54) is 0 Å². The van der Waals surface area contributed by atoms with Crippen molar-refractivity contribution in [1.82, 2.24) is 0 Å². The summed E-state index contributed by atoms with van der Waals surface area (Å²) in [5.41, 5.74) is 0.853. The maximum absolute atomic E-state index is 9.92. The van der Waals surface area contributed by atoms with E-state index in [1.54, 1.807) is 6.08 Å². The van der Waals surface area contributed by atoms with Crippen LogP contribution in [-0.2, 0) is 4.74 Å². The second-order valence-electron chi connectivity index (χ2n) is 3.01. The van der Waals surface area contributed by atoms with Crippen LogP contribution >= 0.6 is 0 Å². The van der Waals surface area contributed by atoms with Crippen LogP contribution < -0.4 is 0 Å². The highest BCUT2D eigenvalue weighted by Crippen LogP contribution is 2.19. The molecule has 0 aliphatic heterocycles. The monoisotopic (exact) mass is 192 g/mol. The molecule has 0 saturated heterocycles. The Morgan fingerprint density at radius 2 is 2.07 bits per heavy atom. The number of ether oxygens (including phenoxy) is 1. The van der Waals surface area contributed by atoms with Crippen molar-refractivity contribution in [1.29, 1.82) is 0 Å². The summed E-state index contributed by atoms with van der Waals surface area (Å²) in [4.78, 5) is 0. The molecule has 2 unspecified atom stereocenters. The van der Waals surface area contributed by atoms with Crippen molar-refractivity contribution in [2.24, 2.45) is 0 Å². The van der Waals surface area contributed by atoms with Gasteiger partial charge in [-0.2, -0.15) is 0 Å². The highest BCUT2D eigenvalue weighted by Gasteiger charge is 2.17. The smallest absolute Gasteiger partial charge is 0.109 e. The van der Waals surface area contributed by atoms with E-state index in [1.807, 2.05) is 37.3 Å². The van der Waals surface area contributed by atoms with Gasteiger partial charge in [-0.25, -0.2) is 0 Å². The standard InChI is InChI=1S/C12H16O2/c1-3-11(14-4-2)12(13)10-8-6-5-7-9-10/h3,5-9,11-13H,1,4H2,2H3. The Labute approximate surface area is 84.8 Å². The minimum Gasteiger partial charge on any atom is -0.385 e. The zero-order chi connectivity index (χ0) is 10.4. The summed E-state index contributed by atoms with van der Waals surface area (Å²) < 4.78 is 5.34. The van der Waals surface area contributed by atoms with Crippen LogP contribution in [0.25, 0.3) is 0 Å².